The van der Waals surface area contributed by atoms with E-state index in [0.29, 0.717) is 12.2 Å². The van der Waals surface area contributed by atoms with Crippen LogP contribution in [-0.2, 0) is 10.2 Å². The van der Waals surface area contributed by atoms with Crippen LogP contribution in [0.5, 0.6) is 5.75 Å². The largest absolute Gasteiger partial charge is 0.497 e. The minimum atomic E-state index is -0.351. The maximum absolute atomic E-state index is 12.2. The van der Waals surface area contributed by atoms with Crippen molar-refractivity contribution < 1.29 is 9.53 Å². The van der Waals surface area contributed by atoms with Gasteiger partial charge < -0.3 is 4.74 Å². The molecule has 1 aliphatic rings. The van der Waals surface area contributed by atoms with Crippen LogP contribution in [0.25, 0.3) is 0 Å². The second-order valence-corrected chi connectivity index (χ2v) is 4.78. The van der Waals surface area contributed by atoms with Crippen LogP contribution in [0.1, 0.15) is 25.3 Å². The molecule has 0 heterocycles. The van der Waals surface area contributed by atoms with Gasteiger partial charge >= 0.3 is 0 Å². The molecular weight excluding hydrogens is 212 g/mol. The lowest BCUT2D eigenvalue weighted by Crippen LogP contribution is -2.50. The lowest BCUT2D eigenvalue weighted by molar-refractivity contribution is -0.137. The standard InChI is InChI=1S/C15H18O2/c1-4-8-15(10-11(2)14(15)16)12-6-5-7-13(9-12)17-3/h4-7,9,11H,1,8,10H2,2-3H3/t11-,15-/m1/s1. The first-order valence-electron chi connectivity index (χ1n) is 5.94. The Morgan fingerprint density at radius 3 is 2.88 bits per heavy atom. The average molecular weight is 230 g/mol. The Morgan fingerprint density at radius 1 is 1.59 bits per heavy atom. The molecule has 0 saturated heterocycles. The third kappa shape index (κ3) is 1.78. The Bertz CT molecular complexity index is 450. The van der Waals surface area contributed by atoms with Crippen LogP contribution in [-0.4, -0.2) is 12.9 Å². The molecule has 0 spiro atoms. The molecule has 2 rings (SSSR count). The predicted octanol–water partition coefficient (Wildman–Crippen LogP) is 3.12. The number of Topliss-reactive ketones (excluding diaryl/α,β-unsaturated/α-hetero) is 1. The maximum Gasteiger partial charge on any atom is 0.146 e. The summed E-state index contributed by atoms with van der Waals surface area (Å²) in [6.45, 7) is 5.76. The van der Waals surface area contributed by atoms with Gasteiger partial charge in [0.1, 0.15) is 11.5 Å². The second-order valence-electron chi connectivity index (χ2n) is 4.78. The third-order valence-corrected chi connectivity index (χ3v) is 3.69. The van der Waals surface area contributed by atoms with Gasteiger partial charge in [-0.05, 0) is 30.5 Å². The molecular formula is C15H18O2. The number of hydrogen-bond donors (Lipinski definition) is 0. The van der Waals surface area contributed by atoms with Crippen LogP contribution >= 0.6 is 0 Å². The normalized spacial score (nSPS) is 27.4. The molecule has 0 unspecified atom stereocenters. The van der Waals surface area contributed by atoms with Gasteiger partial charge in [-0.15, -0.1) is 6.58 Å². The van der Waals surface area contributed by atoms with E-state index in [9.17, 15) is 4.79 Å². The quantitative estimate of drug-likeness (QED) is 0.743. The first kappa shape index (κ1) is 11.9. The Labute approximate surface area is 102 Å². The summed E-state index contributed by atoms with van der Waals surface area (Å²) < 4.78 is 5.22. The van der Waals surface area contributed by atoms with Crippen molar-refractivity contribution in [2.24, 2.45) is 5.92 Å². The predicted molar refractivity (Wildman–Crippen MR) is 68.3 cm³/mol. The van der Waals surface area contributed by atoms with Crippen LogP contribution < -0.4 is 4.74 Å². The van der Waals surface area contributed by atoms with Crippen molar-refractivity contribution in [1.82, 2.24) is 0 Å². The summed E-state index contributed by atoms with van der Waals surface area (Å²) in [6, 6.07) is 7.82. The van der Waals surface area contributed by atoms with Gasteiger partial charge in [0.25, 0.3) is 0 Å². The van der Waals surface area contributed by atoms with E-state index >= 15 is 0 Å². The van der Waals surface area contributed by atoms with Crippen LogP contribution in [0.2, 0.25) is 0 Å². The van der Waals surface area contributed by atoms with Crippen molar-refractivity contribution in [3.63, 3.8) is 0 Å². The molecule has 1 aliphatic carbocycles. The molecule has 2 atom stereocenters. The summed E-state index contributed by atoms with van der Waals surface area (Å²) in [6.07, 6.45) is 3.46. The fourth-order valence-corrected chi connectivity index (χ4v) is 2.79. The van der Waals surface area contributed by atoms with Gasteiger partial charge in [-0.25, -0.2) is 0 Å². The molecule has 2 nitrogen and oxygen atoms in total. The van der Waals surface area contributed by atoms with Crippen molar-refractivity contribution in [3.8, 4) is 5.75 Å². The number of rotatable bonds is 4. The molecule has 1 aromatic carbocycles. The number of carbonyl (C=O) groups is 1. The van der Waals surface area contributed by atoms with Gasteiger partial charge in [-0.2, -0.15) is 0 Å². The minimum Gasteiger partial charge on any atom is -0.497 e. The zero-order valence-electron chi connectivity index (χ0n) is 10.4. The van der Waals surface area contributed by atoms with Crippen molar-refractivity contribution in [2.45, 2.75) is 25.2 Å². The molecule has 0 aliphatic heterocycles. The highest BCUT2D eigenvalue weighted by Crippen LogP contribution is 2.47. The van der Waals surface area contributed by atoms with E-state index in [2.05, 4.69) is 6.58 Å². The average Bonchev–Trinajstić information content (AvgIpc) is 2.37. The van der Waals surface area contributed by atoms with Crippen molar-refractivity contribution >= 4 is 5.78 Å². The monoisotopic (exact) mass is 230 g/mol. The molecule has 17 heavy (non-hydrogen) atoms. The molecule has 2 heteroatoms. The van der Waals surface area contributed by atoms with Gasteiger partial charge in [0.05, 0.1) is 12.5 Å². The lowest BCUT2D eigenvalue weighted by atomic mass is 9.56. The molecule has 90 valence electrons. The highest BCUT2D eigenvalue weighted by atomic mass is 16.5. The summed E-state index contributed by atoms with van der Waals surface area (Å²) in [5, 5.41) is 0. The SMILES string of the molecule is C=CC[C@]1(c2cccc(OC)c2)C[C@@H](C)C1=O. The zero-order chi connectivity index (χ0) is 12.5. The summed E-state index contributed by atoms with van der Waals surface area (Å²) in [5.74, 6) is 1.30. The van der Waals surface area contributed by atoms with Crippen LogP contribution in [0.4, 0.5) is 0 Å². The van der Waals surface area contributed by atoms with E-state index in [4.69, 9.17) is 4.74 Å². The summed E-state index contributed by atoms with van der Waals surface area (Å²) >= 11 is 0. The molecule has 0 amide bonds. The number of benzene rings is 1. The molecule has 1 saturated carbocycles. The Hall–Kier alpha value is -1.57. The lowest BCUT2D eigenvalue weighted by Gasteiger charge is -2.44. The Balaban J connectivity index is 2.40. The molecule has 0 aromatic heterocycles. The Morgan fingerprint density at radius 2 is 2.35 bits per heavy atom. The fourth-order valence-electron chi connectivity index (χ4n) is 2.79. The van der Waals surface area contributed by atoms with Crippen molar-refractivity contribution in [2.75, 3.05) is 7.11 Å². The van der Waals surface area contributed by atoms with Gasteiger partial charge in [0.2, 0.25) is 0 Å². The number of carbonyl (C=O) groups excluding carboxylic acids is 1. The smallest absolute Gasteiger partial charge is 0.146 e. The number of allylic oxidation sites excluding steroid dienone is 1. The van der Waals surface area contributed by atoms with Crippen LogP contribution in [0.3, 0.4) is 0 Å². The number of ether oxygens (including phenoxy) is 1. The number of ketones is 1. The molecule has 1 aromatic rings. The summed E-state index contributed by atoms with van der Waals surface area (Å²) in [4.78, 5) is 12.2. The molecule has 0 N–H and O–H groups in total. The number of methoxy groups -OCH3 is 1. The first-order valence-corrected chi connectivity index (χ1v) is 5.94. The van der Waals surface area contributed by atoms with E-state index in [1.807, 2.05) is 37.3 Å². The molecule has 0 bridgehead atoms. The van der Waals surface area contributed by atoms with E-state index < -0.39 is 0 Å². The van der Waals surface area contributed by atoms with E-state index in [1.54, 1.807) is 7.11 Å². The third-order valence-electron chi connectivity index (χ3n) is 3.69. The van der Waals surface area contributed by atoms with Crippen LogP contribution in [0.15, 0.2) is 36.9 Å². The highest BCUT2D eigenvalue weighted by molar-refractivity contribution is 5.98. The first-order chi connectivity index (χ1) is 8.14. The van der Waals surface area contributed by atoms with Crippen LogP contribution in [0, 0.1) is 5.92 Å². The van der Waals surface area contributed by atoms with E-state index in [-0.39, 0.29) is 11.3 Å². The van der Waals surface area contributed by atoms with Gasteiger partial charge in [0, 0.05) is 5.92 Å². The summed E-state index contributed by atoms with van der Waals surface area (Å²) in [5.41, 5.74) is 0.704. The summed E-state index contributed by atoms with van der Waals surface area (Å²) in [7, 11) is 1.64. The van der Waals surface area contributed by atoms with Crippen molar-refractivity contribution in [1.29, 1.82) is 0 Å². The fraction of sp³-hybridized carbons (Fsp3) is 0.400. The molecule has 1 fully saturated rings. The van der Waals surface area contributed by atoms with E-state index in [0.717, 1.165) is 17.7 Å². The maximum atomic E-state index is 12.2. The number of hydrogen-bond acceptors (Lipinski definition) is 2. The van der Waals surface area contributed by atoms with Gasteiger partial charge in [-0.3, -0.25) is 4.79 Å². The van der Waals surface area contributed by atoms with Gasteiger partial charge in [-0.1, -0.05) is 25.1 Å². The minimum absolute atomic E-state index is 0.168. The highest BCUT2D eigenvalue weighted by Gasteiger charge is 2.51. The topological polar surface area (TPSA) is 26.3 Å². The van der Waals surface area contributed by atoms with E-state index in [1.165, 1.54) is 0 Å². The zero-order valence-corrected chi connectivity index (χ0v) is 10.4. The Kier molecular flexibility index (Phi) is 3.05. The molecule has 0 radical (unpaired) electrons. The van der Waals surface area contributed by atoms with Gasteiger partial charge in [0.15, 0.2) is 0 Å². The van der Waals surface area contributed by atoms with Crippen molar-refractivity contribution in [3.05, 3.63) is 42.5 Å². The second kappa shape index (κ2) is 4.36.